The minimum atomic E-state index is 0.151. The summed E-state index contributed by atoms with van der Waals surface area (Å²) in [5.41, 5.74) is 2.46. The molecule has 1 aliphatic rings. The number of benzene rings is 2. The standard InChI is InChI=1S/C17H17BrO2S/c1-21-16-6-3-2-5-13(16)17(18)12-7-8-14-15(11-12)20-10-4-9-19-14/h2-3,5-8,11,17H,4,9-10H2,1H3. The molecular formula is C17H17BrO2S. The summed E-state index contributed by atoms with van der Waals surface area (Å²) in [5.74, 6) is 1.69. The number of fused-ring (bicyclic) bond motifs is 1. The summed E-state index contributed by atoms with van der Waals surface area (Å²) in [6.07, 6.45) is 3.03. The topological polar surface area (TPSA) is 18.5 Å². The molecule has 2 nitrogen and oxygen atoms in total. The van der Waals surface area contributed by atoms with E-state index >= 15 is 0 Å². The van der Waals surface area contributed by atoms with Crippen LogP contribution in [0, 0.1) is 0 Å². The van der Waals surface area contributed by atoms with E-state index in [1.54, 1.807) is 11.8 Å². The normalized spacial score (nSPS) is 15.3. The molecule has 1 heterocycles. The average Bonchev–Trinajstić information content (AvgIpc) is 2.78. The highest BCUT2D eigenvalue weighted by Crippen LogP contribution is 2.40. The van der Waals surface area contributed by atoms with E-state index in [0.717, 1.165) is 24.5 Å². The largest absolute Gasteiger partial charge is 0.490 e. The first-order valence-corrected chi connectivity index (χ1v) is 9.10. The number of hydrogen-bond donors (Lipinski definition) is 0. The lowest BCUT2D eigenvalue weighted by atomic mass is 10.0. The van der Waals surface area contributed by atoms with E-state index in [-0.39, 0.29) is 4.83 Å². The molecule has 0 N–H and O–H groups in total. The van der Waals surface area contributed by atoms with E-state index in [2.05, 4.69) is 58.6 Å². The van der Waals surface area contributed by atoms with Crippen molar-refractivity contribution in [3.63, 3.8) is 0 Å². The number of alkyl halides is 1. The molecule has 21 heavy (non-hydrogen) atoms. The van der Waals surface area contributed by atoms with E-state index in [1.807, 2.05) is 6.07 Å². The molecule has 1 unspecified atom stereocenters. The van der Waals surface area contributed by atoms with Crippen LogP contribution in [-0.4, -0.2) is 19.5 Å². The van der Waals surface area contributed by atoms with Crippen LogP contribution in [0.1, 0.15) is 22.4 Å². The van der Waals surface area contributed by atoms with Crippen LogP contribution in [0.25, 0.3) is 0 Å². The highest BCUT2D eigenvalue weighted by molar-refractivity contribution is 9.09. The van der Waals surface area contributed by atoms with Crippen molar-refractivity contribution >= 4 is 27.7 Å². The molecule has 0 aliphatic carbocycles. The molecule has 0 saturated carbocycles. The first-order chi connectivity index (χ1) is 10.3. The average molecular weight is 365 g/mol. The van der Waals surface area contributed by atoms with Crippen LogP contribution >= 0.6 is 27.7 Å². The molecule has 4 heteroatoms. The fraction of sp³-hybridized carbons (Fsp3) is 0.294. The zero-order chi connectivity index (χ0) is 14.7. The van der Waals surface area contributed by atoms with Gasteiger partial charge in [0.15, 0.2) is 11.5 Å². The summed E-state index contributed by atoms with van der Waals surface area (Å²) in [5, 5.41) is 0. The van der Waals surface area contributed by atoms with Gasteiger partial charge in [0.1, 0.15) is 0 Å². The highest BCUT2D eigenvalue weighted by atomic mass is 79.9. The summed E-state index contributed by atoms with van der Waals surface area (Å²) in [6.45, 7) is 1.43. The van der Waals surface area contributed by atoms with Crippen molar-refractivity contribution in [1.82, 2.24) is 0 Å². The summed E-state index contributed by atoms with van der Waals surface area (Å²) in [4.78, 5) is 1.43. The summed E-state index contributed by atoms with van der Waals surface area (Å²) >= 11 is 5.59. The van der Waals surface area contributed by atoms with Crippen molar-refractivity contribution in [3.8, 4) is 11.5 Å². The lowest BCUT2D eigenvalue weighted by Gasteiger charge is -2.16. The zero-order valence-corrected chi connectivity index (χ0v) is 14.2. The predicted octanol–water partition coefficient (Wildman–Crippen LogP) is 5.05. The monoisotopic (exact) mass is 364 g/mol. The van der Waals surface area contributed by atoms with E-state index < -0.39 is 0 Å². The van der Waals surface area contributed by atoms with Crippen molar-refractivity contribution in [2.24, 2.45) is 0 Å². The maximum atomic E-state index is 5.78. The van der Waals surface area contributed by atoms with Gasteiger partial charge in [-0.05, 0) is 35.6 Å². The van der Waals surface area contributed by atoms with E-state index in [4.69, 9.17) is 9.47 Å². The van der Waals surface area contributed by atoms with Gasteiger partial charge < -0.3 is 9.47 Å². The quantitative estimate of drug-likeness (QED) is 0.560. The first kappa shape index (κ1) is 14.8. The van der Waals surface area contributed by atoms with Crippen LogP contribution in [0.3, 0.4) is 0 Å². The van der Waals surface area contributed by atoms with Gasteiger partial charge in [-0.15, -0.1) is 11.8 Å². The van der Waals surface area contributed by atoms with Crippen molar-refractivity contribution in [3.05, 3.63) is 53.6 Å². The Bertz CT molecular complexity index is 630. The second-order valence-corrected chi connectivity index (χ2v) is 6.62. The maximum Gasteiger partial charge on any atom is 0.161 e. The molecule has 0 amide bonds. The molecule has 0 spiro atoms. The van der Waals surface area contributed by atoms with E-state index in [1.165, 1.54) is 16.0 Å². The molecule has 110 valence electrons. The van der Waals surface area contributed by atoms with Gasteiger partial charge >= 0.3 is 0 Å². The van der Waals surface area contributed by atoms with Gasteiger partial charge in [0.2, 0.25) is 0 Å². The van der Waals surface area contributed by atoms with E-state index in [9.17, 15) is 0 Å². The molecule has 0 fully saturated rings. The third-order valence-electron chi connectivity index (χ3n) is 3.48. The van der Waals surface area contributed by atoms with Crippen LogP contribution in [-0.2, 0) is 0 Å². The molecule has 1 aliphatic heterocycles. The second kappa shape index (κ2) is 6.75. The number of thioether (sulfide) groups is 1. The molecule has 2 aromatic rings. The van der Waals surface area contributed by atoms with Crippen LogP contribution in [0.4, 0.5) is 0 Å². The van der Waals surface area contributed by atoms with Crippen molar-refractivity contribution < 1.29 is 9.47 Å². The maximum absolute atomic E-state index is 5.78. The van der Waals surface area contributed by atoms with Gasteiger partial charge in [-0.2, -0.15) is 0 Å². The minimum absolute atomic E-state index is 0.151. The molecular weight excluding hydrogens is 348 g/mol. The molecule has 0 aromatic heterocycles. The number of rotatable bonds is 3. The van der Waals surface area contributed by atoms with Crippen LogP contribution in [0.5, 0.6) is 11.5 Å². The summed E-state index contributed by atoms with van der Waals surface area (Å²) < 4.78 is 11.5. The lowest BCUT2D eigenvalue weighted by Crippen LogP contribution is -1.98. The van der Waals surface area contributed by atoms with Gasteiger partial charge in [-0.3, -0.25) is 0 Å². The number of hydrogen-bond acceptors (Lipinski definition) is 3. The molecule has 0 radical (unpaired) electrons. The second-order valence-electron chi connectivity index (χ2n) is 4.86. The fourth-order valence-corrected chi connectivity index (χ4v) is 3.86. The van der Waals surface area contributed by atoms with E-state index in [0.29, 0.717) is 6.61 Å². The zero-order valence-electron chi connectivity index (χ0n) is 11.8. The Balaban J connectivity index is 1.94. The Morgan fingerprint density at radius 1 is 1.05 bits per heavy atom. The summed E-state index contributed by atoms with van der Waals surface area (Å²) in [6, 6.07) is 14.6. The fourth-order valence-electron chi connectivity index (χ4n) is 2.39. The smallest absolute Gasteiger partial charge is 0.161 e. The lowest BCUT2D eigenvalue weighted by molar-refractivity contribution is 0.297. The molecule has 3 rings (SSSR count). The van der Waals surface area contributed by atoms with Gasteiger partial charge in [-0.1, -0.05) is 40.2 Å². The van der Waals surface area contributed by atoms with Gasteiger partial charge in [0.05, 0.1) is 18.0 Å². The third-order valence-corrected chi connectivity index (χ3v) is 5.31. The van der Waals surface area contributed by atoms with Crippen molar-refractivity contribution in [1.29, 1.82) is 0 Å². The number of halogens is 1. The van der Waals surface area contributed by atoms with Crippen LogP contribution in [0.2, 0.25) is 0 Å². The Hall–Kier alpha value is -1.13. The van der Waals surface area contributed by atoms with Crippen LogP contribution in [0.15, 0.2) is 47.4 Å². The molecule has 1 atom stereocenters. The number of ether oxygens (including phenoxy) is 2. The third kappa shape index (κ3) is 3.22. The molecule has 2 aromatic carbocycles. The first-order valence-electron chi connectivity index (χ1n) is 6.96. The van der Waals surface area contributed by atoms with Gasteiger partial charge in [0.25, 0.3) is 0 Å². The summed E-state index contributed by atoms with van der Waals surface area (Å²) in [7, 11) is 0. The molecule has 0 saturated heterocycles. The van der Waals surface area contributed by atoms with Crippen molar-refractivity contribution in [2.45, 2.75) is 16.1 Å². The van der Waals surface area contributed by atoms with Crippen LogP contribution < -0.4 is 9.47 Å². The SMILES string of the molecule is CSc1ccccc1C(Br)c1ccc2c(c1)OCCCO2. The van der Waals surface area contributed by atoms with Crippen molar-refractivity contribution in [2.75, 3.05) is 19.5 Å². The Labute approximate surface area is 138 Å². The van der Waals surface area contributed by atoms with Gasteiger partial charge in [-0.25, -0.2) is 0 Å². The Kier molecular flexibility index (Phi) is 4.76. The highest BCUT2D eigenvalue weighted by Gasteiger charge is 2.17. The minimum Gasteiger partial charge on any atom is -0.490 e. The molecule has 0 bridgehead atoms. The Morgan fingerprint density at radius 3 is 2.62 bits per heavy atom. The predicted molar refractivity (Wildman–Crippen MR) is 91.0 cm³/mol. The Morgan fingerprint density at radius 2 is 1.81 bits per heavy atom. The van der Waals surface area contributed by atoms with Gasteiger partial charge in [0, 0.05) is 11.3 Å².